The van der Waals surface area contributed by atoms with Crippen LogP contribution in [0.4, 0.5) is 52.2 Å². The Kier molecular flexibility index (Phi) is 9.36. The first-order chi connectivity index (χ1) is 20.7. The Labute approximate surface area is 264 Å². The van der Waals surface area contributed by atoms with Gasteiger partial charge in [-0.2, -0.15) is 22.0 Å². The first kappa shape index (κ1) is 34.3. The molecule has 0 saturated heterocycles. The predicted octanol–water partition coefficient (Wildman–Crippen LogP) is 8.37. The molecule has 4 rings (SSSR count). The molecule has 17 heteroatoms. The van der Waals surface area contributed by atoms with E-state index in [0.29, 0.717) is 18.2 Å². The minimum Gasteiger partial charge on any atom is -0.326 e. The van der Waals surface area contributed by atoms with Gasteiger partial charge in [-0.25, -0.2) is 13.2 Å². The summed E-state index contributed by atoms with van der Waals surface area (Å²) in [5.41, 5.74) is -4.27. The number of anilines is 3. The summed E-state index contributed by atoms with van der Waals surface area (Å²) in [4.78, 5) is 37.5. The van der Waals surface area contributed by atoms with Crippen molar-refractivity contribution in [3.05, 3.63) is 86.7 Å². The van der Waals surface area contributed by atoms with Crippen LogP contribution in [0.2, 0.25) is 5.02 Å². The number of carbonyl (C=O) groups is 3. The van der Waals surface area contributed by atoms with Crippen molar-refractivity contribution in [3.63, 3.8) is 0 Å². The van der Waals surface area contributed by atoms with Crippen LogP contribution in [-0.4, -0.2) is 28.5 Å². The maximum Gasteiger partial charge on any atom is 0.419 e. The van der Waals surface area contributed by atoms with Crippen molar-refractivity contribution in [2.45, 2.75) is 36.7 Å². The molecule has 1 fully saturated rings. The van der Waals surface area contributed by atoms with Gasteiger partial charge < -0.3 is 16.0 Å². The standard InChI is InChI=1S/C28H18Cl3F8N3O3/c1-9-5-12(40-25(44)18-17(27(18,30)31)11-3-4-15(32)14(7-11)28(37,38)39)8-13(19(9)29)24(43)42-22-16(33)6-10(2)21(20(22)34)41-26(45)23(35)36/h3-8,17-18,23H,1-2H3,(H,40,44)(H,41,45)(H,42,43)/t17-,18+/m0/s1. The first-order valence-electron chi connectivity index (χ1n) is 12.5. The summed E-state index contributed by atoms with van der Waals surface area (Å²) in [5.74, 6) is -10.9. The molecule has 6 nitrogen and oxygen atoms in total. The zero-order valence-electron chi connectivity index (χ0n) is 22.6. The lowest BCUT2D eigenvalue weighted by Crippen LogP contribution is -2.23. The summed E-state index contributed by atoms with van der Waals surface area (Å²) >= 11 is 18.6. The van der Waals surface area contributed by atoms with Crippen LogP contribution < -0.4 is 16.0 Å². The van der Waals surface area contributed by atoms with E-state index in [1.54, 1.807) is 5.32 Å². The van der Waals surface area contributed by atoms with Crippen molar-refractivity contribution in [1.82, 2.24) is 0 Å². The van der Waals surface area contributed by atoms with Crippen LogP contribution in [0.15, 0.2) is 36.4 Å². The number of hydrogen-bond acceptors (Lipinski definition) is 3. The lowest BCUT2D eigenvalue weighted by atomic mass is 10.0. The molecule has 0 bridgehead atoms. The van der Waals surface area contributed by atoms with Crippen LogP contribution in [0, 0.1) is 37.2 Å². The highest BCUT2D eigenvalue weighted by atomic mass is 35.5. The number of nitrogens with one attached hydrogen (secondary N) is 3. The third-order valence-electron chi connectivity index (χ3n) is 6.86. The SMILES string of the molecule is Cc1cc(NC(=O)[C@H]2[C@H](c3ccc(F)c(C(F)(F)F)c3)C2(Cl)Cl)cc(C(=O)Nc2c(F)cc(C)c(NC(=O)C(F)F)c2F)c1Cl. The van der Waals surface area contributed by atoms with Crippen LogP contribution in [0.5, 0.6) is 0 Å². The Bertz CT molecular complexity index is 1730. The van der Waals surface area contributed by atoms with Crippen LogP contribution in [0.1, 0.15) is 38.5 Å². The van der Waals surface area contributed by atoms with E-state index in [2.05, 4.69) is 5.32 Å². The van der Waals surface area contributed by atoms with E-state index in [4.69, 9.17) is 34.8 Å². The molecule has 0 aliphatic heterocycles. The smallest absolute Gasteiger partial charge is 0.326 e. The summed E-state index contributed by atoms with van der Waals surface area (Å²) < 4.78 is 107. The van der Waals surface area contributed by atoms with Gasteiger partial charge >= 0.3 is 12.6 Å². The Morgan fingerprint density at radius 3 is 2.11 bits per heavy atom. The molecule has 45 heavy (non-hydrogen) atoms. The normalized spacial score (nSPS) is 17.2. The molecule has 0 spiro atoms. The fourth-order valence-electron chi connectivity index (χ4n) is 4.61. The molecule has 3 aromatic carbocycles. The van der Waals surface area contributed by atoms with E-state index < -0.39 is 86.4 Å². The fraction of sp³-hybridized carbons (Fsp3) is 0.250. The molecular formula is C28H18Cl3F8N3O3. The van der Waals surface area contributed by atoms with Crippen molar-refractivity contribution >= 4 is 69.6 Å². The Morgan fingerprint density at radius 1 is 0.867 bits per heavy atom. The van der Waals surface area contributed by atoms with Gasteiger partial charge in [-0.15, -0.1) is 23.2 Å². The second kappa shape index (κ2) is 12.3. The summed E-state index contributed by atoms with van der Waals surface area (Å²) in [6, 6.07) is 5.05. The van der Waals surface area contributed by atoms with Gasteiger partial charge in [0, 0.05) is 11.6 Å². The lowest BCUT2D eigenvalue weighted by Gasteiger charge is -2.16. The van der Waals surface area contributed by atoms with Crippen LogP contribution in [0.25, 0.3) is 0 Å². The van der Waals surface area contributed by atoms with Crippen molar-refractivity contribution in [3.8, 4) is 0 Å². The van der Waals surface area contributed by atoms with Gasteiger partial charge in [-0.1, -0.05) is 17.7 Å². The molecule has 2 atom stereocenters. The molecule has 3 aromatic rings. The van der Waals surface area contributed by atoms with Crippen LogP contribution >= 0.6 is 34.8 Å². The molecule has 3 amide bonds. The maximum atomic E-state index is 15.1. The summed E-state index contributed by atoms with van der Waals surface area (Å²) in [6.07, 6.45) is -8.55. The third-order valence-corrected chi connectivity index (χ3v) is 8.30. The highest BCUT2D eigenvalue weighted by molar-refractivity contribution is 6.53. The molecule has 0 heterocycles. The minimum absolute atomic E-state index is 0.105. The highest BCUT2D eigenvalue weighted by Gasteiger charge is 2.67. The largest absolute Gasteiger partial charge is 0.419 e. The number of aryl methyl sites for hydroxylation is 2. The Morgan fingerprint density at radius 2 is 1.51 bits per heavy atom. The average Bonchev–Trinajstić information content (AvgIpc) is 3.51. The Hall–Kier alpha value is -3.62. The molecule has 3 N–H and O–H groups in total. The van der Waals surface area contributed by atoms with Crippen molar-refractivity contribution < 1.29 is 49.5 Å². The van der Waals surface area contributed by atoms with E-state index in [-0.39, 0.29) is 27.4 Å². The van der Waals surface area contributed by atoms with Gasteiger partial charge in [-0.05, 0) is 60.9 Å². The van der Waals surface area contributed by atoms with Gasteiger partial charge in [0.2, 0.25) is 5.91 Å². The van der Waals surface area contributed by atoms with Crippen LogP contribution in [0.3, 0.4) is 0 Å². The zero-order chi connectivity index (χ0) is 33.8. The zero-order valence-corrected chi connectivity index (χ0v) is 24.8. The molecule has 0 aromatic heterocycles. The average molecular weight is 703 g/mol. The van der Waals surface area contributed by atoms with Crippen molar-refractivity contribution in [1.29, 1.82) is 0 Å². The molecule has 240 valence electrons. The number of rotatable bonds is 7. The van der Waals surface area contributed by atoms with Crippen molar-refractivity contribution in [2.75, 3.05) is 16.0 Å². The number of halogens is 11. The highest BCUT2D eigenvalue weighted by Crippen LogP contribution is 2.65. The number of carbonyl (C=O) groups excluding carboxylic acids is 3. The molecule has 0 radical (unpaired) electrons. The van der Waals surface area contributed by atoms with E-state index in [1.807, 2.05) is 5.32 Å². The van der Waals surface area contributed by atoms with E-state index in [1.165, 1.54) is 13.0 Å². The van der Waals surface area contributed by atoms with Crippen LogP contribution in [-0.2, 0) is 15.8 Å². The van der Waals surface area contributed by atoms with Crippen molar-refractivity contribution in [2.24, 2.45) is 5.92 Å². The van der Waals surface area contributed by atoms with Gasteiger partial charge in [0.25, 0.3) is 11.8 Å². The molecular weight excluding hydrogens is 685 g/mol. The number of amides is 3. The summed E-state index contributed by atoms with van der Waals surface area (Å²) in [5, 5.41) is 5.72. The van der Waals surface area contributed by atoms with E-state index in [9.17, 15) is 45.1 Å². The minimum atomic E-state index is -5.03. The second-order valence-electron chi connectivity index (χ2n) is 9.99. The number of hydrogen-bond donors (Lipinski definition) is 3. The third kappa shape index (κ3) is 6.82. The van der Waals surface area contributed by atoms with Gasteiger partial charge in [0.1, 0.15) is 21.7 Å². The van der Waals surface area contributed by atoms with E-state index in [0.717, 1.165) is 19.1 Å². The molecule has 1 aliphatic rings. The maximum absolute atomic E-state index is 15.1. The summed E-state index contributed by atoms with van der Waals surface area (Å²) in [6.45, 7) is 2.53. The molecule has 1 saturated carbocycles. The number of benzene rings is 3. The van der Waals surface area contributed by atoms with Gasteiger partial charge in [0.05, 0.1) is 27.8 Å². The lowest BCUT2D eigenvalue weighted by molar-refractivity contribution is -0.140. The van der Waals surface area contributed by atoms with Gasteiger partial charge in [0.15, 0.2) is 5.82 Å². The summed E-state index contributed by atoms with van der Waals surface area (Å²) in [7, 11) is 0. The molecule has 1 aliphatic carbocycles. The quantitative estimate of drug-likeness (QED) is 0.171. The monoisotopic (exact) mass is 701 g/mol. The Balaban J connectivity index is 1.59. The number of alkyl halides is 7. The fourth-order valence-corrected chi connectivity index (χ4v) is 5.64. The second-order valence-corrected chi connectivity index (χ2v) is 11.8. The van der Waals surface area contributed by atoms with Gasteiger partial charge in [-0.3, -0.25) is 14.4 Å². The predicted molar refractivity (Wildman–Crippen MR) is 151 cm³/mol. The molecule has 0 unspecified atom stereocenters. The van der Waals surface area contributed by atoms with E-state index >= 15 is 4.39 Å². The first-order valence-corrected chi connectivity index (χ1v) is 13.6. The topological polar surface area (TPSA) is 87.3 Å².